The van der Waals surface area contributed by atoms with Gasteiger partial charge in [-0.2, -0.15) is 5.26 Å². The molecule has 1 saturated carbocycles. The van der Waals surface area contributed by atoms with E-state index in [0.717, 1.165) is 31.9 Å². The van der Waals surface area contributed by atoms with E-state index in [4.69, 9.17) is 5.26 Å². The lowest BCUT2D eigenvalue weighted by Crippen LogP contribution is -2.34. The summed E-state index contributed by atoms with van der Waals surface area (Å²) >= 11 is 0. The van der Waals surface area contributed by atoms with Crippen molar-refractivity contribution in [3.63, 3.8) is 0 Å². The van der Waals surface area contributed by atoms with Crippen LogP contribution in [0, 0.1) is 23.2 Å². The average molecular weight is 291 g/mol. The molecule has 1 aliphatic carbocycles. The van der Waals surface area contributed by atoms with Crippen molar-refractivity contribution >= 4 is 20.6 Å². The van der Waals surface area contributed by atoms with Crippen molar-refractivity contribution in [2.24, 2.45) is 11.8 Å². The second kappa shape index (κ2) is 6.67. The molecule has 0 bridgehead atoms. The molecule has 4 unspecified atom stereocenters. The predicted octanol–water partition coefficient (Wildman–Crippen LogP) is 1.50. The third-order valence-electron chi connectivity index (χ3n) is 3.64. The maximum atomic E-state index is 12.2. The van der Waals surface area contributed by atoms with Crippen LogP contribution < -0.4 is 0 Å². The van der Waals surface area contributed by atoms with E-state index in [1.165, 1.54) is 0 Å². The van der Waals surface area contributed by atoms with E-state index in [2.05, 4.69) is 13.0 Å². The molecule has 1 rings (SSSR count). The van der Waals surface area contributed by atoms with Gasteiger partial charge in [-0.3, -0.25) is 4.21 Å². The lowest BCUT2D eigenvalue weighted by Gasteiger charge is -2.31. The Morgan fingerprint density at radius 3 is 2.56 bits per heavy atom. The Kier molecular flexibility index (Phi) is 5.80. The second-order valence-corrected chi connectivity index (χ2v) is 9.11. The van der Waals surface area contributed by atoms with Crippen LogP contribution >= 0.6 is 0 Å². The molecule has 4 atom stereocenters. The van der Waals surface area contributed by atoms with E-state index < -0.39 is 20.6 Å². The summed E-state index contributed by atoms with van der Waals surface area (Å²) in [5.41, 5.74) is 0. The molecule has 0 aromatic carbocycles. The molecule has 104 valence electrons. The van der Waals surface area contributed by atoms with Crippen LogP contribution in [0.3, 0.4) is 0 Å². The Morgan fingerprint density at radius 2 is 2.06 bits per heavy atom. The summed E-state index contributed by atoms with van der Waals surface area (Å²) in [6.45, 7) is 2.11. The van der Waals surface area contributed by atoms with Crippen molar-refractivity contribution < 1.29 is 12.6 Å². The first-order valence-corrected chi connectivity index (χ1v) is 9.76. The molecule has 0 spiro atoms. The summed E-state index contributed by atoms with van der Waals surface area (Å²) in [4.78, 5) is 0. The highest BCUT2D eigenvalue weighted by Crippen LogP contribution is 2.33. The molecule has 0 aliphatic heterocycles. The van der Waals surface area contributed by atoms with Crippen LogP contribution in [-0.4, -0.2) is 35.6 Å². The van der Waals surface area contributed by atoms with Crippen molar-refractivity contribution in [1.29, 1.82) is 5.26 Å². The number of nitriles is 1. The predicted molar refractivity (Wildman–Crippen MR) is 73.2 cm³/mol. The molecular weight excluding hydrogens is 270 g/mol. The monoisotopic (exact) mass is 291 g/mol. The number of hydrogen-bond acceptors (Lipinski definition) is 4. The lowest BCUT2D eigenvalue weighted by atomic mass is 9.81. The van der Waals surface area contributed by atoms with E-state index in [-0.39, 0.29) is 22.7 Å². The van der Waals surface area contributed by atoms with Gasteiger partial charge in [0.25, 0.3) is 0 Å². The van der Waals surface area contributed by atoms with Gasteiger partial charge in [0.15, 0.2) is 0 Å². The van der Waals surface area contributed by atoms with Gasteiger partial charge in [0.2, 0.25) is 0 Å². The summed E-state index contributed by atoms with van der Waals surface area (Å²) < 4.78 is 34.4. The van der Waals surface area contributed by atoms with Crippen molar-refractivity contribution in [2.75, 3.05) is 17.8 Å². The molecule has 1 fully saturated rings. The molecule has 6 heteroatoms. The van der Waals surface area contributed by atoms with Crippen LogP contribution in [-0.2, 0) is 20.6 Å². The van der Waals surface area contributed by atoms with Gasteiger partial charge < -0.3 is 0 Å². The molecule has 0 radical (unpaired) electrons. The van der Waals surface area contributed by atoms with Crippen LogP contribution in [0.15, 0.2) is 0 Å². The topological polar surface area (TPSA) is 75.0 Å². The first kappa shape index (κ1) is 15.6. The minimum Gasteiger partial charge on any atom is -0.259 e. The molecule has 1 aliphatic rings. The fraction of sp³-hybridized carbons (Fsp3) is 0.917. The third-order valence-corrected chi connectivity index (χ3v) is 6.64. The highest BCUT2D eigenvalue weighted by atomic mass is 32.2. The summed E-state index contributed by atoms with van der Waals surface area (Å²) in [6.07, 6.45) is 4.81. The standard InChI is InChI=1S/C12H21NO3S2/c1-3-10-4-5-11(9-13)12(8-10)17(14)6-7-18(2,15)16/h10-12H,3-8H2,1-2H3. The Bertz CT molecular complexity index is 439. The van der Waals surface area contributed by atoms with Gasteiger partial charge in [0.1, 0.15) is 9.84 Å². The van der Waals surface area contributed by atoms with Gasteiger partial charge in [-0.1, -0.05) is 13.3 Å². The summed E-state index contributed by atoms with van der Waals surface area (Å²) in [6, 6.07) is 2.23. The highest BCUT2D eigenvalue weighted by Gasteiger charge is 2.33. The summed E-state index contributed by atoms with van der Waals surface area (Å²) in [5, 5.41) is 8.95. The zero-order valence-corrected chi connectivity index (χ0v) is 12.6. The first-order valence-electron chi connectivity index (χ1n) is 6.32. The van der Waals surface area contributed by atoms with Crippen molar-refractivity contribution in [3.05, 3.63) is 0 Å². The van der Waals surface area contributed by atoms with Crippen LogP contribution in [0.2, 0.25) is 0 Å². The maximum Gasteiger partial charge on any atom is 0.148 e. The molecule has 0 heterocycles. The molecule has 0 saturated heterocycles. The normalized spacial score (nSPS) is 30.6. The van der Waals surface area contributed by atoms with Gasteiger partial charge in [-0.05, 0) is 25.2 Å². The minimum absolute atomic E-state index is 0.0505. The number of hydrogen-bond donors (Lipinski definition) is 0. The van der Waals surface area contributed by atoms with Gasteiger partial charge >= 0.3 is 0 Å². The van der Waals surface area contributed by atoms with E-state index >= 15 is 0 Å². The van der Waals surface area contributed by atoms with Crippen molar-refractivity contribution in [2.45, 2.75) is 37.9 Å². The van der Waals surface area contributed by atoms with Crippen LogP contribution in [0.25, 0.3) is 0 Å². The largest absolute Gasteiger partial charge is 0.259 e. The van der Waals surface area contributed by atoms with E-state index in [9.17, 15) is 12.6 Å². The second-order valence-electron chi connectivity index (χ2n) is 5.08. The minimum atomic E-state index is -3.08. The Balaban J connectivity index is 2.65. The van der Waals surface area contributed by atoms with Crippen LogP contribution in [0.1, 0.15) is 32.6 Å². The number of sulfone groups is 1. The highest BCUT2D eigenvalue weighted by molar-refractivity contribution is 7.92. The molecular formula is C12H21NO3S2. The quantitative estimate of drug-likeness (QED) is 0.769. The smallest absolute Gasteiger partial charge is 0.148 e. The third kappa shape index (κ3) is 4.69. The van der Waals surface area contributed by atoms with Crippen LogP contribution in [0.5, 0.6) is 0 Å². The van der Waals surface area contributed by atoms with Gasteiger partial charge in [0, 0.05) is 22.8 Å². The number of nitrogens with zero attached hydrogens (tertiary/aromatic N) is 1. The zero-order chi connectivity index (χ0) is 13.8. The number of rotatable bonds is 5. The van der Waals surface area contributed by atoms with Gasteiger partial charge in [-0.25, -0.2) is 8.42 Å². The Morgan fingerprint density at radius 1 is 1.39 bits per heavy atom. The average Bonchev–Trinajstić information content (AvgIpc) is 2.34. The SMILES string of the molecule is CCC1CCC(C#N)C(S(=O)CCS(C)(=O)=O)C1. The summed E-state index contributed by atoms with van der Waals surface area (Å²) in [7, 11) is -4.28. The molecule has 18 heavy (non-hydrogen) atoms. The lowest BCUT2D eigenvalue weighted by molar-refractivity contribution is 0.313. The fourth-order valence-corrected chi connectivity index (χ4v) is 5.63. The van der Waals surface area contributed by atoms with Crippen molar-refractivity contribution in [1.82, 2.24) is 0 Å². The van der Waals surface area contributed by atoms with E-state index in [1.807, 2.05) is 0 Å². The van der Waals surface area contributed by atoms with E-state index in [0.29, 0.717) is 5.92 Å². The van der Waals surface area contributed by atoms with E-state index in [1.54, 1.807) is 0 Å². The molecule has 0 amide bonds. The molecule has 0 N–H and O–H groups in total. The van der Waals surface area contributed by atoms with Crippen LogP contribution in [0.4, 0.5) is 0 Å². The van der Waals surface area contributed by atoms with Crippen molar-refractivity contribution in [3.8, 4) is 6.07 Å². The fourth-order valence-electron chi connectivity index (χ4n) is 2.41. The summed E-state index contributed by atoms with van der Waals surface area (Å²) in [5.74, 6) is 0.471. The molecule has 0 aromatic heterocycles. The first-order chi connectivity index (χ1) is 8.37. The maximum absolute atomic E-state index is 12.2. The molecule has 4 nitrogen and oxygen atoms in total. The Labute approximate surface area is 112 Å². The van der Waals surface area contributed by atoms with Gasteiger partial charge in [0.05, 0.1) is 23.0 Å². The Hall–Kier alpha value is -0.410. The van der Waals surface area contributed by atoms with Gasteiger partial charge in [-0.15, -0.1) is 0 Å². The molecule has 0 aromatic rings. The zero-order valence-electron chi connectivity index (χ0n) is 11.0.